The molecule has 24 heavy (non-hydrogen) atoms. The summed E-state index contributed by atoms with van der Waals surface area (Å²) in [7, 11) is 0. The molecule has 1 fully saturated rings. The zero-order valence-electron chi connectivity index (χ0n) is 13.1. The van der Waals surface area contributed by atoms with Crippen molar-refractivity contribution >= 4 is 23.3 Å². The summed E-state index contributed by atoms with van der Waals surface area (Å²) in [5.41, 5.74) is 2.90. The topological polar surface area (TPSA) is 42.1 Å². The minimum atomic E-state index is 0.716. The molecular formula is C18H17ClN4O. The fourth-order valence-electron chi connectivity index (χ4n) is 2.76. The number of morpholine rings is 1. The van der Waals surface area contributed by atoms with Crippen molar-refractivity contribution in [3.05, 3.63) is 59.4 Å². The van der Waals surface area contributed by atoms with Gasteiger partial charge in [0, 0.05) is 16.8 Å². The maximum atomic E-state index is 5.99. The Morgan fingerprint density at radius 3 is 2.67 bits per heavy atom. The van der Waals surface area contributed by atoms with E-state index in [0.29, 0.717) is 5.02 Å². The number of fused-ring (bicyclic) bond motifs is 1. The largest absolute Gasteiger partial charge is 0.378 e. The van der Waals surface area contributed by atoms with E-state index in [9.17, 15) is 0 Å². The number of ether oxygens (including phenoxy) is 1. The molecule has 0 unspecified atom stereocenters. The van der Waals surface area contributed by atoms with Gasteiger partial charge in [-0.15, -0.1) is 0 Å². The van der Waals surface area contributed by atoms with Gasteiger partial charge >= 0.3 is 0 Å². The smallest absolute Gasteiger partial charge is 0.145 e. The molecule has 6 heteroatoms. The van der Waals surface area contributed by atoms with Gasteiger partial charge in [0.05, 0.1) is 38.0 Å². The first-order valence-corrected chi connectivity index (χ1v) is 8.29. The van der Waals surface area contributed by atoms with Crippen molar-refractivity contribution in [3.8, 4) is 11.4 Å². The van der Waals surface area contributed by atoms with Gasteiger partial charge < -0.3 is 4.74 Å². The Morgan fingerprint density at radius 1 is 1.08 bits per heavy atom. The summed E-state index contributed by atoms with van der Waals surface area (Å²) in [4.78, 5) is 4.79. The molecule has 3 aromatic rings. The number of pyridine rings is 1. The highest BCUT2D eigenvalue weighted by atomic mass is 35.5. The molecule has 0 spiro atoms. The maximum absolute atomic E-state index is 5.99. The Morgan fingerprint density at radius 2 is 1.88 bits per heavy atom. The van der Waals surface area contributed by atoms with Crippen LogP contribution in [-0.2, 0) is 4.74 Å². The van der Waals surface area contributed by atoms with Crippen molar-refractivity contribution in [1.29, 1.82) is 0 Å². The Bertz CT molecular complexity index is 866. The lowest BCUT2D eigenvalue weighted by molar-refractivity contribution is 0.0397. The van der Waals surface area contributed by atoms with Gasteiger partial charge in [-0.1, -0.05) is 17.7 Å². The van der Waals surface area contributed by atoms with E-state index >= 15 is 0 Å². The van der Waals surface area contributed by atoms with Crippen LogP contribution in [0.25, 0.3) is 16.9 Å². The average molecular weight is 341 g/mol. The summed E-state index contributed by atoms with van der Waals surface area (Å²) in [6, 6.07) is 13.8. The van der Waals surface area contributed by atoms with Gasteiger partial charge in [-0.25, -0.2) is 4.98 Å². The molecule has 2 aromatic heterocycles. The molecular weight excluding hydrogens is 324 g/mol. The van der Waals surface area contributed by atoms with Crippen molar-refractivity contribution in [3.63, 3.8) is 0 Å². The molecule has 0 saturated carbocycles. The van der Waals surface area contributed by atoms with E-state index in [-0.39, 0.29) is 0 Å². The molecule has 1 aliphatic rings. The number of hydrogen-bond donors (Lipinski definition) is 0. The second-order valence-electron chi connectivity index (χ2n) is 5.59. The third kappa shape index (κ3) is 3.00. The first-order valence-electron chi connectivity index (χ1n) is 7.91. The normalized spacial score (nSPS) is 15.5. The fourth-order valence-corrected chi connectivity index (χ4v) is 2.89. The molecule has 0 N–H and O–H groups in total. The Kier molecular flexibility index (Phi) is 4.19. The van der Waals surface area contributed by atoms with Gasteiger partial charge in [-0.2, -0.15) is 5.10 Å². The predicted octanol–water partition coefficient (Wildman–Crippen LogP) is 3.32. The molecule has 1 aromatic carbocycles. The highest BCUT2D eigenvalue weighted by molar-refractivity contribution is 6.30. The molecule has 0 amide bonds. The van der Waals surface area contributed by atoms with Gasteiger partial charge in [0.15, 0.2) is 0 Å². The van der Waals surface area contributed by atoms with Crippen LogP contribution in [0, 0.1) is 0 Å². The average Bonchev–Trinajstić information content (AvgIpc) is 3.00. The van der Waals surface area contributed by atoms with Gasteiger partial charge in [0.1, 0.15) is 11.5 Å². The third-order valence-corrected chi connectivity index (χ3v) is 4.26. The summed E-state index contributed by atoms with van der Waals surface area (Å²) >= 11 is 5.99. The van der Waals surface area contributed by atoms with E-state index in [0.717, 1.165) is 48.9 Å². The van der Waals surface area contributed by atoms with E-state index in [1.165, 1.54) is 0 Å². The summed E-state index contributed by atoms with van der Waals surface area (Å²) in [6.45, 7) is 3.06. The summed E-state index contributed by atoms with van der Waals surface area (Å²) in [5.74, 6) is 0.880. The third-order valence-electron chi connectivity index (χ3n) is 4.01. The second-order valence-corrected chi connectivity index (χ2v) is 6.03. The predicted molar refractivity (Wildman–Crippen MR) is 95.6 cm³/mol. The minimum Gasteiger partial charge on any atom is -0.378 e. The monoisotopic (exact) mass is 340 g/mol. The lowest BCUT2D eigenvalue weighted by atomic mass is 10.2. The van der Waals surface area contributed by atoms with Crippen LogP contribution in [0.2, 0.25) is 5.02 Å². The Balaban J connectivity index is 1.73. The summed E-state index contributed by atoms with van der Waals surface area (Å²) < 4.78 is 7.42. The molecule has 1 saturated heterocycles. The van der Waals surface area contributed by atoms with E-state index in [2.05, 4.69) is 9.50 Å². The number of nitrogens with zero attached hydrogens (tertiary/aromatic N) is 4. The van der Waals surface area contributed by atoms with Gasteiger partial charge in [-0.3, -0.25) is 9.41 Å². The number of imidazole rings is 1. The summed E-state index contributed by atoms with van der Waals surface area (Å²) in [5, 5.41) is 7.29. The number of benzene rings is 1. The molecule has 3 heterocycles. The molecule has 1 aliphatic heterocycles. The number of halogens is 1. The molecule has 0 radical (unpaired) electrons. The fraction of sp³-hybridized carbons (Fsp3) is 0.222. The number of aromatic nitrogens is 2. The molecule has 0 aliphatic carbocycles. The van der Waals surface area contributed by atoms with E-state index < -0.39 is 0 Å². The van der Waals surface area contributed by atoms with Crippen molar-refractivity contribution < 1.29 is 4.74 Å². The lowest BCUT2D eigenvalue weighted by Gasteiger charge is -2.23. The van der Waals surface area contributed by atoms with Crippen molar-refractivity contribution in [2.24, 2.45) is 5.10 Å². The first-order chi connectivity index (χ1) is 11.8. The Labute approximate surface area is 145 Å². The molecule has 122 valence electrons. The quantitative estimate of drug-likeness (QED) is 0.687. The van der Waals surface area contributed by atoms with Gasteiger partial charge in [-0.05, 0) is 36.4 Å². The van der Waals surface area contributed by atoms with Crippen LogP contribution < -0.4 is 0 Å². The van der Waals surface area contributed by atoms with Crippen LogP contribution in [0.3, 0.4) is 0 Å². The zero-order valence-corrected chi connectivity index (χ0v) is 13.9. The van der Waals surface area contributed by atoms with Crippen molar-refractivity contribution in [1.82, 2.24) is 14.4 Å². The first kappa shape index (κ1) is 15.2. The van der Waals surface area contributed by atoms with Crippen LogP contribution in [0.5, 0.6) is 0 Å². The highest BCUT2D eigenvalue weighted by Crippen LogP contribution is 2.23. The van der Waals surface area contributed by atoms with Crippen LogP contribution in [0.15, 0.2) is 53.8 Å². The molecule has 0 bridgehead atoms. The summed E-state index contributed by atoms with van der Waals surface area (Å²) in [6.07, 6.45) is 3.85. The molecule has 4 rings (SSSR count). The van der Waals surface area contributed by atoms with Gasteiger partial charge in [0.25, 0.3) is 0 Å². The van der Waals surface area contributed by atoms with Crippen LogP contribution in [0.1, 0.15) is 5.69 Å². The molecule has 0 atom stereocenters. The van der Waals surface area contributed by atoms with E-state index in [4.69, 9.17) is 21.3 Å². The number of rotatable bonds is 3. The molecule has 5 nitrogen and oxygen atoms in total. The van der Waals surface area contributed by atoms with Crippen molar-refractivity contribution in [2.45, 2.75) is 0 Å². The number of hydrogen-bond acceptors (Lipinski definition) is 4. The van der Waals surface area contributed by atoms with Gasteiger partial charge in [0.2, 0.25) is 0 Å². The van der Waals surface area contributed by atoms with E-state index in [1.807, 2.05) is 59.9 Å². The van der Waals surface area contributed by atoms with Crippen LogP contribution in [0.4, 0.5) is 0 Å². The van der Waals surface area contributed by atoms with E-state index in [1.54, 1.807) is 0 Å². The SMILES string of the molecule is Clc1ccc(-c2nc(/C=N/N3CCOCC3)c3ccccn23)cc1. The standard InChI is InChI=1S/C18H17ClN4O/c19-15-6-4-14(5-7-15)18-21-16(17-3-1-2-8-23(17)18)13-20-22-9-11-24-12-10-22/h1-8,13H,9-12H2/b20-13+. The second kappa shape index (κ2) is 6.63. The van der Waals surface area contributed by atoms with Crippen LogP contribution in [-0.4, -0.2) is 46.9 Å². The highest BCUT2D eigenvalue weighted by Gasteiger charge is 2.12. The Hall–Kier alpha value is -2.37. The van der Waals surface area contributed by atoms with Crippen LogP contribution >= 0.6 is 11.6 Å². The lowest BCUT2D eigenvalue weighted by Crippen LogP contribution is -2.32. The number of hydrazone groups is 1. The van der Waals surface area contributed by atoms with Crippen molar-refractivity contribution in [2.75, 3.05) is 26.3 Å². The maximum Gasteiger partial charge on any atom is 0.145 e. The zero-order chi connectivity index (χ0) is 16.4. The minimum absolute atomic E-state index is 0.716.